The Bertz CT molecular complexity index is 488. The third kappa shape index (κ3) is 1.78. The van der Waals surface area contributed by atoms with Crippen LogP contribution < -0.4 is 0 Å². The summed E-state index contributed by atoms with van der Waals surface area (Å²) in [5, 5.41) is 1.11. The van der Waals surface area contributed by atoms with Gasteiger partial charge in [-0.15, -0.1) is 0 Å². The summed E-state index contributed by atoms with van der Waals surface area (Å²) in [6, 6.07) is 0. The number of aryl methyl sites for hydroxylation is 1. The van der Waals surface area contributed by atoms with Crippen molar-refractivity contribution in [2.24, 2.45) is 0 Å². The van der Waals surface area contributed by atoms with Gasteiger partial charge < -0.3 is 4.98 Å². The molecule has 2 aromatic rings. The maximum Gasteiger partial charge on any atom is 0.142 e. The van der Waals surface area contributed by atoms with Gasteiger partial charge in [0.15, 0.2) is 0 Å². The Morgan fingerprint density at radius 2 is 2.13 bits per heavy atom. The maximum atomic E-state index is 4.59. The number of hydrogen-bond acceptors (Lipinski definition) is 2. The van der Waals surface area contributed by atoms with Crippen LogP contribution in [0.25, 0.3) is 11.0 Å². The van der Waals surface area contributed by atoms with Crippen molar-refractivity contribution in [3.05, 3.63) is 22.2 Å². The SMILES string of the molecule is CCc1nc(C(C)C)c2c(Br)c[nH]c2n1. The fourth-order valence-electron chi connectivity index (χ4n) is 1.65. The van der Waals surface area contributed by atoms with Crippen LogP contribution in [0.5, 0.6) is 0 Å². The van der Waals surface area contributed by atoms with Gasteiger partial charge in [-0.3, -0.25) is 0 Å². The van der Waals surface area contributed by atoms with Crippen molar-refractivity contribution in [2.75, 3.05) is 0 Å². The number of aromatic nitrogens is 3. The number of nitrogens with zero attached hydrogens (tertiary/aromatic N) is 2. The highest BCUT2D eigenvalue weighted by Crippen LogP contribution is 2.29. The molecule has 1 N–H and O–H groups in total. The summed E-state index contributed by atoms with van der Waals surface area (Å²) in [7, 11) is 0. The molecule has 2 rings (SSSR count). The second kappa shape index (κ2) is 3.93. The van der Waals surface area contributed by atoms with Gasteiger partial charge in [0.05, 0.1) is 11.1 Å². The Hall–Kier alpha value is -0.900. The van der Waals surface area contributed by atoms with Crippen LogP contribution in [-0.4, -0.2) is 15.0 Å². The molecule has 0 unspecified atom stereocenters. The second-order valence-electron chi connectivity index (χ2n) is 3.89. The number of aromatic amines is 1. The monoisotopic (exact) mass is 267 g/mol. The zero-order valence-corrected chi connectivity index (χ0v) is 10.7. The lowest BCUT2D eigenvalue weighted by Gasteiger charge is -2.08. The zero-order valence-electron chi connectivity index (χ0n) is 9.13. The second-order valence-corrected chi connectivity index (χ2v) is 4.75. The van der Waals surface area contributed by atoms with Crippen LogP contribution >= 0.6 is 15.9 Å². The molecule has 0 aromatic carbocycles. The van der Waals surface area contributed by atoms with Gasteiger partial charge >= 0.3 is 0 Å². The van der Waals surface area contributed by atoms with E-state index in [1.165, 1.54) is 0 Å². The third-order valence-corrected chi connectivity index (χ3v) is 3.05. The van der Waals surface area contributed by atoms with E-state index in [2.05, 4.69) is 51.7 Å². The van der Waals surface area contributed by atoms with Gasteiger partial charge in [-0.2, -0.15) is 0 Å². The van der Waals surface area contributed by atoms with Gasteiger partial charge in [0, 0.05) is 17.1 Å². The largest absolute Gasteiger partial charge is 0.345 e. The van der Waals surface area contributed by atoms with Crippen LogP contribution in [0.4, 0.5) is 0 Å². The Labute approximate surface area is 97.5 Å². The topological polar surface area (TPSA) is 41.6 Å². The van der Waals surface area contributed by atoms with Crippen LogP contribution in [0.3, 0.4) is 0 Å². The summed E-state index contributed by atoms with van der Waals surface area (Å²) >= 11 is 3.52. The van der Waals surface area contributed by atoms with Crippen LogP contribution in [0, 0.1) is 0 Å². The van der Waals surface area contributed by atoms with E-state index in [1.54, 1.807) is 0 Å². The van der Waals surface area contributed by atoms with Crippen molar-refractivity contribution < 1.29 is 0 Å². The number of fused-ring (bicyclic) bond motifs is 1. The minimum Gasteiger partial charge on any atom is -0.345 e. The number of halogens is 1. The van der Waals surface area contributed by atoms with Gasteiger partial charge in [0.2, 0.25) is 0 Å². The standard InChI is InChI=1S/C11H14BrN3/c1-4-8-14-10(6(2)3)9-7(12)5-13-11(9)15-8/h5-6H,4H2,1-3H3,(H,13,14,15). The minimum atomic E-state index is 0.410. The van der Waals surface area contributed by atoms with Crippen molar-refractivity contribution in [3.63, 3.8) is 0 Å². The van der Waals surface area contributed by atoms with E-state index in [9.17, 15) is 0 Å². The molecule has 2 aromatic heterocycles. The lowest BCUT2D eigenvalue weighted by atomic mass is 10.1. The fraction of sp³-hybridized carbons (Fsp3) is 0.455. The first-order valence-electron chi connectivity index (χ1n) is 5.16. The quantitative estimate of drug-likeness (QED) is 0.906. The number of nitrogens with one attached hydrogen (secondary N) is 1. The van der Waals surface area contributed by atoms with E-state index in [4.69, 9.17) is 0 Å². The molecule has 0 bridgehead atoms. The van der Waals surface area contributed by atoms with E-state index >= 15 is 0 Å². The molecule has 3 nitrogen and oxygen atoms in total. The third-order valence-electron chi connectivity index (χ3n) is 2.42. The van der Waals surface area contributed by atoms with Gasteiger partial charge in [0.1, 0.15) is 11.5 Å². The Kier molecular flexibility index (Phi) is 2.78. The van der Waals surface area contributed by atoms with Crippen molar-refractivity contribution >= 4 is 27.0 Å². The van der Waals surface area contributed by atoms with Crippen molar-refractivity contribution in [1.82, 2.24) is 15.0 Å². The van der Waals surface area contributed by atoms with Crippen molar-refractivity contribution in [2.45, 2.75) is 33.1 Å². The molecular formula is C11H14BrN3. The van der Waals surface area contributed by atoms with Gasteiger partial charge in [0.25, 0.3) is 0 Å². The first kappa shape index (κ1) is 10.6. The molecule has 0 aliphatic carbocycles. The molecule has 0 aliphatic rings. The molecule has 0 amide bonds. The van der Waals surface area contributed by atoms with E-state index in [1.807, 2.05) is 6.20 Å². The summed E-state index contributed by atoms with van der Waals surface area (Å²) in [6.07, 6.45) is 2.79. The molecule has 4 heteroatoms. The van der Waals surface area contributed by atoms with E-state index in [0.29, 0.717) is 5.92 Å². The van der Waals surface area contributed by atoms with Gasteiger partial charge in [-0.25, -0.2) is 9.97 Å². The lowest BCUT2D eigenvalue weighted by Crippen LogP contribution is -2.01. The first-order chi connectivity index (χ1) is 7.13. The van der Waals surface area contributed by atoms with E-state index < -0.39 is 0 Å². The summed E-state index contributed by atoms with van der Waals surface area (Å²) in [5.74, 6) is 1.31. The normalized spacial score (nSPS) is 11.5. The number of rotatable bonds is 2. The predicted molar refractivity (Wildman–Crippen MR) is 65.1 cm³/mol. The molecule has 0 saturated carbocycles. The summed E-state index contributed by atoms with van der Waals surface area (Å²) in [4.78, 5) is 12.2. The Morgan fingerprint density at radius 3 is 2.73 bits per heavy atom. The highest BCUT2D eigenvalue weighted by molar-refractivity contribution is 9.10. The van der Waals surface area contributed by atoms with Crippen molar-refractivity contribution in [1.29, 1.82) is 0 Å². The molecule has 0 radical (unpaired) electrons. The average Bonchev–Trinajstić information content (AvgIpc) is 2.59. The molecule has 0 aliphatic heterocycles. The Balaban J connectivity index is 2.77. The van der Waals surface area contributed by atoms with E-state index in [-0.39, 0.29) is 0 Å². The molecule has 0 spiro atoms. The van der Waals surface area contributed by atoms with Crippen LogP contribution in [-0.2, 0) is 6.42 Å². The first-order valence-corrected chi connectivity index (χ1v) is 5.96. The lowest BCUT2D eigenvalue weighted by molar-refractivity contribution is 0.802. The minimum absolute atomic E-state index is 0.410. The van der Waals surface area contributed by atoms with E-state index in [0.717, 1.165) is 33.4 Å². The highest BCUT2D eigenvalue weighted by Gasteiger charge is 2.13. The molecular weight excluding hydrogens is 254 g/mol. The molecule has 0 saturated heterocycles. The van der Waals surface area contributed by atoms with Crippen LogP contribution in [0.1, 0.15) is 38.2 Å². The smallest absolute Gasteiger partial charge is 0.142 e. The van der Waals surface area contributed by atoms with Gasteiger partial charge in [-0.05, 0) is 21.8 Å². The molecule has 80 valence electrons. The average molecular weight is 268 g/mol. The highest BCUT2D eigenvalue weighted by atomic mass is 79.9. The molecule has 15 heavy (non-hydrogen) atoms. The zero-order chi connectivity index (χ0) is 11.0. The number of hydrogen-bond donors (Lipinski definition) is 1. The van der Waals surface area contributed by atoms with Crippen LogP contribution in [0.15, 0.2) is 10.7 Å². The summed E-state index contributed by atoms with van der Waals surface area (Å²) in [5.41, 5.74) is 2.04. The van der Waals surface area contributed by atoms with Crippen LogP contribution in [0.2, 0.25) is 0 Å². The molecule has 2 heterocycles. The maximum absolute atomic E-state index is 4.59. The number of H-pyrrole nitrogens is 1. The van der Waals surface area contributed by atoms with Crippen molar-refractivity contribution in [3.8, 4) is 0 Å². The molecule has 0 atom stereocenters. The van der Waals surface area contributed by atoms with Gasteiger partial charge in [-0.1, -0.05) is 20.8 Å². The predicted octanol–water partition coefficient (Wildman–Crippen LogP) is 3.41. The molecule has 0 fully saturated rings. The summed E-state index contributed by atoms with van der Waals surface area (Å²) < 4.78 is 1.05. The summed E-state index contributed by atoms with van der Waals surface area (Å²) in [6.45, 7) is 6.38. The fourth-order valence-corrected chi connectivity index (χ4v) is 2.15. The Morgan fingerprint density at radius 1 is 1.40 bits per heavy atom.